The predicted molar refractivity (Wildman–Crippen MR) is 89.4 cm³/mol. The number of hydrogen-bond donors (Lipinski definition) is 0. The second-order valence-corrected chi connectivity index (χ2v) is 5.54. The zero-order valence-corrected chi connectivity index (χ0v) is 13.4. The molecule has 2 aromatic rings. The van der Waals surface area contributed by atoms with E-state index in [4.69, 9.17) is 14.0 Å². The van der Waals surface area contributed by atoms with Crippen LogP contribution in [0.4, 0.5) is 0 Å². The maximum Gasteiger partial charge on any atom is 0.159 e. The summed E-state index contributed by atoms with van der Waals surface area (Å²) in [7, 11) is 0. The van der Waals surface area contributed by atoms with Gasteiger partial charge in [0.25, 0.3) is 0 Å². The van der Waals surface area contributed by atoms with Gasteiger partial charge in [-0.3, -0.25) is 4.90 Å². The SMILES string of the molecule is Cc1cc(/C=C/c2ccccc2OCCN2CCOCC2)on1. The molecule has 0 atom stereocenters. The van der Waals surface area contributed by atoms with Crippen LogP contribution in [-0.4, -0.2) is 49.5 Å². The van der Waals surface area contributed by atoms with Crippen LogP contribution in [-0.2, 0) is 4.74 Å². The molecule has 0 spiro atoms. The Morgan fingerprint density at radius 3 is 2.83 bits per heavy atom. The number of rotatable bonds is 6. The summed E-state index contributed by atoms with van der Waals surface area (Å²) in [4.78, 5) is 2.36. The van der Waals surface area contributed by atoms with Gasteiger partial charge in [0.05, 0.1) is 18.9 Å². The lowest BCUT2D eigenvalue weighted by Gasteiger charge is -2.26. The number of aryl methyl sites for hydroxylation is 1. The van der Waals surface area contributed by atoms with E-state index in [1.807, 2.05) is 49.4 Å². The maximum absolute atomic E-state index is 5.95. The lowest BCUT2D eigenvalue weighted by Crippen LogP contribution is -2.38. The molecule has 0 bridgehead atoms. The van der Waals surface area contributed by atoms with Gasteiger partial charge in [0, 0.05) is 31.3 Å². The molecule has 5 nitrogen and oxygen atoms in total. The number of nitrogens with zero attached hydrogens (tertiary/aromatic N) is 2. The molecule has 122 valence electrons. The van der Waals surface area contributed by atoms with Gasteiger partial charge in [0.1, 0.15) is 12.4 Å². The van der Waals surface area contributed by atoms with Crippen LogP contribution in [0.15, 0.2) is 34.9 Å². The fourth-order valence-corrected chi connectivity index (χ4v) is 2.49. The highest BCUT2D eigenvalue weighted by molar-refractivity contribution is 5.70. The van der Waals surface area contributed by atoms with Gasteiger partial charge >= 0.3 is 0 Å². The molecule has 2 heterocycles. The normalized spacial score (nSPS) is 16.0. The van der Waals surface area contributed by atoms with Crippen molar-refractivity contribution in [3.05, 3.63) is 47.3 Å². The Hall–Kier alpha value is -2.11. The Balaban J connectivity index is 1.57. The first-order chi connectivity index (χ1) is 11.3. The van der Waals surface area contributed by atoms with Crippen molar-refractivity contribution in [1.82, 2.24) is 10.1 Å². The van der Waals surface area contributed by atoms with Gasteiger partial charge in [0.2, 0.25) is 0 Å². The van der Waals surface area contributed by atoms with Crippen LogP contribution >= 0.6 is 0 Å². The largest absolute Gasteiger partial charge is 0.492 e. The minimum atomic E-state index is 0.673. The average molecular weight is 314 g/mol. The number of benzene rings is 1. The van der Waals surface area contributed by atoms with E-state index in [-0.39, 0.29) is 0 Å². The van der Waals surface area contributed by atoms with Crippen LogP contribution in [0, 0.1) is 6.92 Å². The van der Waals surface area contributed by atoms with Crippen LogP contribution in [0.3, 0.4) is 0 Å². The first-order valence-electron chi connectivity index (χ1n) is 7.94. The first-order valence-corrected chi connectivity index (χ1v) is 7.94. The van der Waals surface area contributed by atoms with Crippen LogP contribution < -0.4 is 4.74 Å². The molecule has 1 aliphatic heterocycles. The van der Waals surface area contributed by atoms with E-state index in [1.54, 1.807) is 0 Å². The van der Waals surface area contributed by atoms with E-state index in [1.165, 1.54) is 0 Å². The summed E-state index contributed by atoms with van der Waals surface area (Å²) in [6.45, 7) is 7.09. The lowest BCUT2D eigenvalue weighted by atomic mass is 10.2. The Kier molecular flexibility index (Phi) is 5.45. The van der Waals surface area contributed by atoms with E-state index in [0.717, 1.165) is 55.6 Å². The van der Waals surface area contributed by atoms with Crippen LogP contribution in [0.5, 0.6) is 5.75 Å². The summed E-state index contributed by atoms with van der Waals surface area (Å²) in [5.41, 5.74) is 1.91. The Morgan fingerprint density at radius 2 is 2.04 bits per heavy atom. The predicted octanol–water partition coefficient (Wildman–Crippen LogP) is 2.86. The highest BCUT2D eigenvalue weighted by atomic mass is 16.5. The summed E-state index contributed by atoms with van der Waals surface area (Å²) in [5, 5.41) is 3.88. The third kappa shape index (κ3) is 4.68. The van der Waals surface area contributed by atoms with Crippen LogP contribution in [0.2, 0.25) is 0 Å². The molecule has 0 radical (unpaired) electrons. The molecule has 1 aliphatic rings. The summed E-state index contributed by atoms with van der Waals surface area (Å²) < 4.78 is 16.5. The van der Waals surface area contributed by atoms with Crippen LogP contribution in [0.25, 0.3) is 12.2 Å². The zero-order chi connectivity index (χ0) is 15.9. The quantitative estimate of drug-likeness (QED) is 0.820. The molecule has 5 heteroatoms. The fraction of sp³-hybridized carbons (Fsp3) is 0.389. The maximum atomic E-state index is 5.95. The topological polar surface area (TPSA) is 47.7 Å². The molecule has 0 saturated carbocycles. The number of ether oxygens (including phenoxy) is 2. The lowest BCUT2D eigenvalue weighted by molar-refractivity contribution is 0.0322. The van der Waals surface area contributed by atoms with E-state index in [0.29, 0.717) is 6.61 Å². The Bertz CT molecular complexity index is 645. The van der Waals surface area contributed by atoms with Gasteiger partial charge in [-0.05, 0) is 25.1 Å². The summed E-state index contributed by atoms with van der Waals surface area (Å²) >= 11 is 0. The van der Waals surface area contributed by atoms with Gasteiger partial charge in [-0.15, -0.1) is 0 Å². The molecule has 0 aliphatic carbocycles. The molecule has 0 N–H and O–H groups in total. The minimum absolute atomic E-state index is 0.673. The molecule has 1 fully saturated rings. The van der Waals surface area contributed by atoms with Gasteiger partial charge in [-0.1, -0.05) is 23.4 Å². The molecule has 1 aromatic carbocycles. The molecular formula is C18H22N2O3. The standard InChI is InChI=1S/C18H22N2O3/c1-15-14-17(23-19-15)7-6-16-4-2-3-5-18(16)22-13-10-20-8-11-21-12-9-20/h2-7,14H,8-13H2,1H3/b7-6+. The average Bonchev–Trinajstić information content (AvgIpc) is 3.00. The molecule has 1 aromatic heterocycles. The zero-order valence-electron chi connectivity index (χ0n) is 13.4. The van der Waals surface area contributed by atoms with Crippen molar-refractivity contribution in [3.8, 4) is 5.75 Å². The van der Waals surface area contributed by atoms with Gasteiger partial charge in [-0.25, -0.2) is 0 Å². The van der Waals surface area contributed by atoms with E-state index in [9.17, 15) is 0 Å². The summed E-state index contributed by atoms with van der Waals surface area (Å²) in [5.74, 6) is 1.62. The monoisotopic (exact) mass is 314 g/mol. The third-order valence-corrected chi connectivity index (χ3v) is 3.76. The highest BCUT2D eigenvalue weighted by Crippen LogP contribution is 2.21. The number of morpholine rings is 1. The van der Waals surface area contributed by atoms with Gasteiger partial charge < -0.3 is 14.0 Å². The third-order valence-electron chi connectivity index (χ3n) is 3.76. The molecule has 0 amide bonds. The number of aromatic nitrogens is 1. The first kappa shape index (κ1) is 15.8. The molecule has 1 saturated heterocycles. The van der Waals surface area contributed by atoms with Crippen molar-refractivity contribution < 1.29 is 14.0 Å². The second-order valence-electron chi connectivity index (χ2n) is 5.54. The van der Waals surface area contributed by atoms with Crippen molar-refractivity contribution in [2.75, 3.05) is 39.5 Å². The second kappa shape index (κ2) is 7.94. The minimum Gasteiger partial charge on any atom is -0.492 e. The van der Waals surface area contributed by atoms with Gasteiger partial charge in [0.15, 0.2) is 5.76 Å². The Labute approximate surface area is 136 Å². The van der Waals surface area contributed by atoms with Crippen LogP contribution in [0.1, 0.15) is 17.0 Å². The highest BCUT2D eigenvalue weighted by Gasteiger charge is 2.10. The van der Waals surface area contributed by atoms with Crippen molar-refractivity contribution in [2.24, 2.45) is 0 Å². The molecule has 23 heavy (non-hydrogen) atoms. The van der Waals surface area contributed by atoms with Crippen molar-refractivity contribution in [1.29, 1.82) is 0 Å². The van der Waals surface area contributed by atoms with Crippen molar-refractivity contribution in [2.45, 2.75) is 6.92 Å². The molecule has 0 unspecified atom stereocenters. The summed E-state index contributed by atoms with van der Waals surface area (Å²) in [6, 6.07) is 9.91. The Morgan fingerprint density at radius 1 is 1.22 bits per heavy atom. The number of hydrogen-bond acceptors (Lipinski definition) is 5. The molecular weight excluding hydrogens is 292 g/mol. The van der Waals surface area contributed by atoms with Crippen molar-refractivity contribution in [3.63, 3.8) is 0 Å². The van der Waals surface area contributed by atoms with E-state index in [2.05, 4.69) is 10.1 Å². The molecule has 3 rings (SSSR count). The van der Waals surface area contributed by atoms with E-state index >= 15 is 0 Å². The van der Waals surface area contributed by atoms with Gasteiger partial charge in [-0.2, -0.15) is 0 Å². The van der Waals surface area contributed by atoms with E-state index < -0.39 is 0 Å². The smallest absolute Gasteiger partial charge is 0.159 e. The number of para-hydroxylation sites is 1. The summed E-state index contributed by atoms with van der Waals surface area (Å²) in [6.07, 6.45) is 3.90. The van der Waals surface area contributed by atoms with Crippen molar-refractivity contribution >= 4 is 12.2 Å². The fourth-order valence-electron chi connectivity index (χ4n) is 2.49.